The largest absolute Gasteiger partial charge is 0.347 e. The highest BCUT2D eigenvalue weighted by atomic mass is 35.5. The number of hydrogen-bond acceptors (Lipinski definition) is 3. The lowest BCUT2D eigenvalue weighted by atomic mass is 10.2. The molecule has 19 heavy (non-hydrogen) atoms. The molecule has 0 unspecified atom stereocenters. The summed E-state index contributed by atoms with van der Waals surface area (Å²) in [5.41, 5.74) is 1.18. The number of anilines is 1. The van der Waals surface area contributed by atoms with Crippen LogP contribution in [-0.2, 0) is 14.8 Å². The minimum absolute atomic E-state index is 0.229. The van der Waals surface area contributed by atoms with E-state index in [9.17, 15) is 13.2 Å². The van der Waals surface area contributed by atoms with Crippen LogP contribution in [0.5, 0.6) is 0 Å². The zero-order valence-corrected chi connectivity index (χ0v) is 12.9. The van der Waals surface area contributed by atoms with Crippen molar-refractivity contribution in [1.29, 1.82) is 0 Å². The lowest BCUT2D eigenvalue weighted by Gasteiger charge is -2.24. The van der Waals surface area contributed by atoms with Gasteiger partial charge in [-0.3, -0.25) is 9.10 Å². The van der Waals surface area contributed by atoms with Crippen LogP contribution in [0.3, 0.4) is 0 Å². The van der Waals surface area contributed by atoms with Crippen molar-refractivity contribution in [3.63, 3.8) is 0 Å². The molecule has 1 aromatic rings. The zero-order chi connectivity index (χ0) is 14.8. The van der Waals surface area contributed by atoms with Crippen LogP contribution in [0.1, 0.15) is 5.56 Å². The van der Waals surface area contributed by atoms with Crippen LogP contribution in [0.4, 0.5) is 5.69 Å². The Hall–Kier alpha value is -1.27. The fourth-order valence-electron chi connectivity index (χ4n) is 1.45. The molecule has 0 aliphatic carbocycles. The average molecular weight is 305 g/mol. The molecule has 0 spiro atoms. The SMILES string of the molecule is Cc1cc(N(CC(=O)N(C)C)S(C)(=O)=O)ccc1Cl. The molecule has 0 aliphatic rings. The average Bonchev–Trinajstić information content (AvgIpc) is 2.27. The molecule has 0 saturated heterocycles. The highest BCUT2D eigenvalue weighted by molar-refractivity contribution is 7.92. The fraction of sp³-hybridized carbons (Fsp3) is 0.417. The van der Waals surface area contributed by atoms with E-state index in [1.807, 2.05) is 0 Å². The number of halogens is 1. The molecule has 0 saturated carbocycles. The van der Waals surface area contributed by atoms with E-state index in [0.29, 0.717) is 10.7 Å². The van der Waals surface area contributed by atoms with Gasteiger partial charge in [-0.2, -0.15) is 0 Å². The maximum Gasteiger partial charge on any atom is 0.242 e. The van der Waals surface area contributed by atoms with Gasteiger partial charge in [0.05, 0.1) is 11.9 Å². The first kappa shape index (κ1) is 15.8. The molecule has 1 rings (SSSR count). The number of likely N-dealkylation sites (N-methyl/N-ethyl adjacent to an activating group) is 1. The van der Waals surface area contributed by atoms with Crippen LogP contribution in [0.2, 0.25) is 5.02 Å². The zero-order valence-electron chi connectivity index (χ0n) is 11.3. The summed E-state index contributed by atoms with van der Waals surface area (Å²) in [7, 11) is -0.375. The van der Waals surface area contributed by atoms with Crippen LogP contribution < -0.4 is 4.31 Å². The molecule has 0 heterocycles. The minimum Gasteiger partial charge on any atom is -0.347 e. The first-order chi connectivity index (χ1) is 8.62. The predicted molar refractivity (Wildman–Crippen MR) is 77.1 cm³/mol. The van der Waals surface area contributed by atoms with Gasteiger partial charge in [0.15, 0.2) is 0 Å². The minimum atomic E-state index is -3.53. The highest BCUT2D eigenvalue weighted by Gasteiger charge is 2.21. The van der Waals surface area contributed by atoms with Gasteiger partial charge in [0, 0.05) is 19.1 Å². The summed E-state index contributed by atoms with van der Waals surface area (Å²) in [5.74, 6) is -0.293. The Kier molecular flexibility index (Phi) is 4.81. The summed E-state index contributed by atoms with van der Waals surface area (Å²) in [6.07, 6.45) is 1.07. The van der Waals surface area contributed by atoms with Gasteiger partial charge in [-0.15, -0.1) is 0 Å². The normalized spacial score (nSPS) is 11.2. The molecule has 0 atom stereocenters. The molecule has 0 radical (unpaired) electrons. The number of carbonyl (C=O) groups excluding carboxylic acids is 1. The first-order valence-electron chi connectivity index (χ1n) is 5.57. The van der Waals surface area contributed by atoms with E-state index >= 15 is 0 Å². The monoisotopic (exact) mass is 304 g/mol. The number of carbonyl (C=O) groups is 1. The quantitative estimate of drug-likeness (QED) is 0.847. The van der Waals surface area contributed by atoms with Gasteiger partial charge in [0.1, 0.15) is 6.54 Å². The Bertz CT molecular complexity index is 585. The molecule has 7 heteroatoms. The summed E-state index contributed by atoms with van der Waals surface area (Å²) in [6.45, 7) is 1.55. The molecule has 0 N–H and O–H groups in total. The molecule has 106 valence electrons. The van der Waals surface area contributed by atoms with Gasteiger partial charge in [-0.05, 0) is 30.7 Å². The van der Waals surface area contributed by atoms with Crippen molar-refractivity contribution < 1.29 is 13.2 Å². The van der Waals surface area contributed by atoms with E-state index in [1.165, 1.54) is 4.90 Å². The number of benzene rings is 1. The second-order valence-corrected chi connectivity index (χ2v) is 6.81. The van der Waals surface area contributed by atoms with Crippen molar-refractivity contribution in [3.8, 4) is 0 Å². The molecule has 0 aromatic heterocycles. The van der Waals surface area contributed by atoms with E-state index in [0.717, 1.165) is 16.1 Å². The Morgan fingerprint density at radius 1 is 1.32 bits per heavy atom. The fourth-order valence-corrected chi connectivity index (χ4v) is 2.41. The van der Waals surface area contributed by atoms with E-state index < -0.39 is 10.0 Å². The van der Waals surface area contributed by atoms with E-state index in [-0.39, 0.29) is 12.5 Å². The summed E-state index contributed by atoms with van der Waals surface area (Å²) < 4.78 is 24.7. The molecule has 0 bridgehead atoms. The topological polar surface area (TPSA) is 57.7 Å². The Morgan fingerprint density at radius 2 is 1.89 bits per heavy atom. The van der Waals surface area contributed by atoms with Crippen LogP contribution in [0.15, 0.2) is 18.2 Å². The molecule has 0 fully saturated rings. The van der Waals surface area contributed by atoms with Crippen molar-refractivity contribution >= 4 is 33.2 Å². The van der Waals surface area contributed by atoms with Gasteiger partial charge in [0.25, 0.3) is 0 Å². The maximum absolute atomic E-state index is 11.8. The number of hydrogen-bond donors (Lipinski definition) is 0. The third kappa shape index (κ3) is 4.11. The van der Waals surface area contributed by atoms with E-state index in [2.05, 4.69) is 0 Å². The number of rotatable bonds is 4. The van der Waals surface area contributed by atoms with Crippen LogP contribution in [0, 0.1) is 6.92 Å². The van der Waals surface area contributed by atoms with Crippen LogP contribution in [-0.4, -0.2) is 46.1 Å². The lowest BCUT2D eigenvalue weighted by Crippen LogP contribution is -2.39. The molecule has 0 aliphatic heterocycles. The van der Waals surface area contributed by atoms with Crippen LogP contribution >= 0.6 is 11.6 Å². The Morgan fingerprint density at radius 3 is 2.32 bits per heavy atom. The van der Waals surface area contributed by atoms with Gasteiger partial charge in [-0.25, -0.2) is 8.42 Å². The predicted octanol–water partition coefficient (Wildman–Crippen LogP) is 1.50. The second kappa shape index (κ2) is 5.79. The number of amides is 1. The van der Waals surface area contributed by atoms with Gasteiger partial charge >= 0.3 is 0 Å². The van der Waals surface area contributed by atoms with Crippen molar-refractivity contribution in [2.24, 2.45) is 0 Å². The molecular formula is C12H17ClN2O3S. The summed E-state index contributed by atoms with van der Waals surface area (Å²) >= 11 is 5.91. The molecular weight excluding hydrogens is 288 g/mol. The standard InChI is InChI=1S/C12H17ClN2O3S/c1-9-7-10(5-6-11(9)13)15(19(4,17)18)8-12(16)14(2)3/h5-7H,8H2,1-4H3. The Balaban J connectivity index is 3.18. The maximum atomic E-state index is 11.8. The van der Waals surface area contributed by atoms with Crippen molar-refractivity contribution in [2.75, 3.05) is 31.2 Å². The van der Waals surface area contributed by atoms with Gasteiger partial charge in [-0.1, -0.05) is 11.6 Å². The number of sulfonamides is 1. The second-order valence-electron chi connectivity index (χ2n) is 4.49. The van der Waals surface area contributed by atoms with E-state index in [1.54, 1.807) is 39.2 Å². The van der Waals surface area contributed by atoms with Crippen molar-refractivity contribution in [3.05, 3.63) is 28.8 Å². The third-order valence-corrected chi connectivity index (χ3v) is 4.17. The summed E-state index contributed by atoms with van der Waals surface area (Å²) in [4.78, 5) is 13.1. The van der Waals surface area contributed by atoms with Crippen molar-refractivity contribution in [2.45, 2.75) is 6.92 Å². The van der Waals surface area contributed by atoms with Gasteiger partial charge in [0.2, 0.25) is 15.9 Å². The molecule has 5 nitrogen and oxygen atoms in total. The summed E-state index contributed by atoms with van der Waals surface area (Å²) in [5, 5.41) is 0.552. The first-order valence-corrected chi connectivity index (χ1v) is 7.79. The lowest BCUT2D eigenvalue weighted by molar-refractivity contribution is -0.127. The Labute approximate surface area is 118 Å². The number of nitrogens with zero attached hydrogens (tertiary/aromatic N) is 2. The third-order valence-electron chi connectivity index (χ3n) is 2.61. The summed E-state index contributed by atoms with van der Waals surface area (Å²) in [6, 6.07) is 4.84. The molecule has 1 amide bonds. The van der Waals surface area contributed by atoms with Gasteiger partial charge < -0.3 is 4.90 Å². The smallest absolute Gasteiger partial charge is 0.242 e. The van der Waals surface area contributed by atoms with Crippen LogP contribution in [0.25, 0.3) is 0 Å². The number of aryl methyl sites for hydroxylation is 1. The van der Waals surface area contributed by atoms with E-state index in [4.69, 9.17) is 11.6 Å². The molecule has 1 aromatic carbocycles. The van der Waals surface area contributed by atoms with Crippen molar-refractivity contribution in [1.82, 2.24) is 4.90 Å². The highest BCUT2D eigenvalue weighted by Crippen LogP contribution is 2.24.